The van der Waals surface area contributed by atoms with E-state index in [0.29, 0.717) is 27.1 Å². The van der Waals surface area contributed by atoms with E-state index >= 15 is 0 Å². The molecule has 0 saturated heterocycles. The number of rotatable bonds is 3. The number of ether oxygens (including phenoxy) is 1. The van der Waals surface area contributed by atoms with Crippen molar-refractivity contribution in [3.8, 4) is 5.75 Å². The summed E-state index contributed by atoms with van der Waals surface area (Å²) in [6.45, 7) is 0. The van der Waals surface area contributed by atoms with Gasteiger partial charge in [0.15, 0.2) is 0 Å². The maximum atomic E-state index is 12.2. The lowest BCUT2D eigenvalue weighted by molar-refractivity contribution is 0.103. The van der Waals surface area contributed by atoms with Gasteiger partial charge in [0.2, 0.25) is 5.78 Å². The molecule has 2 rings (SSSR count). The number of halogens is 3. The first-order valence-electron chi connectivity index (χ1n) is 4.95. The van der Waals surface area contributed by atoms with E-state index in [1.165, 1.54) is 13.2 Å². The molecular weight excluding hydrogens is 296 g/mol. The van der Waals surface area contributed by atoms with E-state index in [4.69, 9.17) is 39.5 Å². The minimum Gasteiger partial charge on any atom is -0.496 e. The van der Waals surface area contributed by atoms with Crippen LogP contribution in [0.25, 0.3) is 0 Å². The van der Waals surface area contributed by atoms with E-state index in [9.17, 15) is 4.79 Å². The van der Waals surface area contributed by atoms with Crippen molar-refractivity contribution in [2.75, 3.05) is 7.11 Å². The highest BCUT2D eigenvalue weighted by Crippen LogP contribution is 2.28. The molecule has 1 aromatic carbocycles. The first-order valence-corrected chi connectivity index (χ1v) is 6.08. The third kappa shape index (κ3) is 2.48. The molecule has 0 aliphatic carbocycles. The number of ketones is 1. The minimum atomic E-state index is -0.266. The van der Waals surface area contributed by atoms with E-state index in [-0.39, 0.29) is 10.9 Å². The topological polar surface area (TPSA) is 42.1 Å². The molecule has 0 unspecified atom stereocenters. The second-order valence-corrected chi connectivity index (χ2v) is 4.74. The summed E-state index contributed by atoms with van der Waals surface area (Å²) in [5, 5.41) is 1.02. The normalized spacial score (nSPS) is 10.4. The number of nitrogens with one attached hydrogen (secondary N) is 1. The van der Waals surface area contributed by atoms with Gasteiger partial charge in [0.25, 0.3) is 0 Å². The van der Waals surface area contributed by atoms with Crippen LogP contribution < -0.4 is 4.74 Å². The van der Waals surface area contributed by atoms with E-state index in [1.807, 2.05) is 0 Å². The molecule has 0 aliphatic rings. The number of carbonyl (C=O) groups is 1. The van der Waals surface area contributed by atoms with Gasteiger partial charge < -0.3 is 9.72 Å². The van der Waals surface area contributed by atoms with Gasteiger partial charge in [0.05, 0.1) is 23.4 Å². The van der Waals surface area contributed by atoms with Crippen LogP contribution in [0.1, 0.15) is 16.1 Å². The Morgan fingerprint density at radius 2 is 1.94 bits per heavy atom. The predicted molar refractivity (Wildman–Crippen MR) is 72.2 cm³/mol. The average Bonchev–Trinajstić information content (AvgIpc) is 2.68. The van der Waals surface area contributed by atoms with Crippen LogP contribution in [0.4, 0.5) is 0 Å². The molecule has 3 nitrogen and oxygen atoms in total. The number of aromatic amines is 1. The van der Waals surface area contributed by atoms with Crippen LogP contribution in [0.5, 0.6) is 5.75 Å². The quantitative estimate of drug-likeness (QED) is 0.863. The fourth-order valence-corrected chi connectivity index (χ4v) is 2.00. The van der Waals surface area contributed by atoms with E-state index in [2.05, 4.69) is 4.98 Å². The van der Waals surface area contributed by atoms with Gasteiger partial charge in [-0.15, -0.1) is 0 Å². The molecule has 0 amide bonds. The highest BCUT2D eigenvalue weighted by molar-refractivity contribution is 6.41. The molecule has 1 N–H and O–H groups in total. The fraction of sp³-hybridized carbons (Fsp3) is 0.0833. The van der Waals surface area contributed by atoms with Gasteiger partial charge in [0, 0.05) is 5.02 Å². The lowest BCUT2D eigenvalue weighted by Crippen LogP contribution is -2.04. The summed E-state index contributed by atoms with van der Waals surface area (Å²) in [7, 11) is 1.47. The molecule has 0 bridgehead atoms. The van der Waals surface area contributed by atoms with Crippen LogP contribution in [0.15, 0.2) is 24.3 Å². The standard InChI is InChI=1S/C12H8Cl3NO2/c1-18-10-4-6(13)2-3-7(10)11(17)9-5-8(14)12(15)16-9/h2-5,16H,1H3. The largest absolute Gasteiger partial charge is 0.496 e. The molecule has 1 heterocycles. The van der Waals surface area contributed by atoms with E-state index in [0.717, 1.165) is 0 Å². The van der Waals surface area contributed by atoms with Crippen molar-refractivity contribution < 1.29 is 9.53 Å². The Kier molecular flexibility index (Phi) is 3.85. The van der Waals surface area contributed by atoms with Crippen molar-refractivity contribution in [3.05, 3.63) is 50.7 Å². The lowest BCUT2D eigenvalue weighted by atomic mass is 10.1. The molecule has 94 valence electrons. The zero-order valence-corrected chi connectivity index (χ0v) is 11.5. The van der Waals surface area contributed by atoms with Gasteiger partial charge in [0.1, 0.15) is 10.9 Å². The number of aromatic nitrogens is 1. The van der Waals surface area contributed by atoms with Crippen molar-refractivity contribution in [1.82, 2.24) is 4.98 Å². The molecule has 6 heteroatoms. The second-order valence-electron chi connectivity index (χ2n) is 3.52. The SMILES string of the molecule is COc1cc(Cl)ccc1C(=O)c1cc(Cl)c(Cl)[nH]1. The van der Waals surface area contributed by atoms with Crippen molar-refractivity contribution in [2.45, 2.75) is 0 Å². The summed E-state index contributed by atoms with van der Waals surface area (Å²) >= 11 is 17.4. The zero-order valence-electron chi connectivity index (χ0n) is 9.26. The van der Waals surface area contributed by atoms with Gasteiger partial charge in [-0.2, -0.15) is 0 Å². The first-order chi connectivity index (χ1) is 8.52. The number of methoxy groups -OCH3 is 1. The summed E-state index contributed by atoms with van der Waals surface area (Å²) in [5.74, 6) is 0.131. The lowest BCUT2D eigenvalue weighted by Gasteiger charge is -2.06. The Labute approximate surface area is 119 Å². The number of H-pyrrole nitrogens is 1. The highest BCUT2D eigenvalue weighted by atomic mass is 35.5. The molecule has 1 aromatic heterocycles. The monoisotopic (exact) mass is 303 g/mol. The van der Waals surface area contributed by atoms with Gasteiger partial charge in [-0.25, -0.2) is 0 Å². The Morgan fingerprint density at radius 3 is 2.50 bits per heavy atom. The van der Waals surface area contributed by atoms with Crippen LogP contribution in [0, 0.1) is 0 Å². The molecule has 0 saturated carbocycles. The highest BCUT2D eigenvalue weighted by Gasteiger charge is 2.17. The van der Waals surface area contributed by atoms with Crippen LogP contribution >= 0.6 is 34.8 Å². The average molecular weight is 305 g/mol. The third-order valence-electron chi connectivity index (χ3n) is 2.38. The first kappa shape index (κ1) is 13.3. The van der Waals surface area contributed by atoms with Gasteiger partial charge >= 0.3 is 0 Å². The molecule has 2 aromatic rings. The Bertz CT molecular complexity index is 588. The molecule has 0 atom stereocenters. The maximum absolute atomic E-state index is 12.2. The molecule has 0 radical (unpaired) electrons. The van der Waals surface area contributed by atoms with Crippen molar-refractivity contribution >= 4 is 40.6 Å². The zero-order chi connectivity index (χ0) is 13.3. The number of hydrogen-bond acceptors (Lipinski definition) is 2. The summed E-state index contributed by atoms with van der Waals surface area (Å²) < 4.78 is 5.12. The Balaban J connectivity index is 2.45. The van der Waals surface area contributed by atoms with Crippen molar-refractivity contribution in [2.24, 2.45) is 0 Å². The van der Waals surface area contributed by atoms with Crippen LogP contribution in [-0.4, -0.2) is 17.9 Å². The molecular formula is C12H8Cl3NO2. The maximum Gasteiger partial charge on any atom is 0.212 e. The molecule has 0 aliphatic heterocycles. The van der Waals surface area contributed by atoms with Crippen molar-refractivity contribution in [3.63, 3.8) is 0 Å². The summed E-state index contributed by atoms with van der Waals surface area (Å²) in [6.07, 6.45) is 0. The van der Waals surface area contributed by atoms with Gasteiger partial charge in [-0.05, 0) is 24.3 Å². The predicted octanol–water partition coefficient (Wildman–Crippen LogP) is 4.21. The fourth-order valence-electron chi connectivity index (χ4n) is 1.52. The molecule has 0 spiro atoms. The van der Waals surface area contributed by atoms with Gasteiger partial charge in [-0.3, -0.25) is 4.79 Å². The number of hydrogen-bond donors (Lipinski definition) is 1. The smallest absolute Gasteiger partial charge is 0.212 e. The van der Waals surface area contributed by atoms with Crippen LogP contribution in [0.3, 0.4) is 0 Å². The van der Waals surface area contributed by atoms with Crippen LogP contribution in [0.2, 0.25) is 15.2 Å². The Hall–Kier alpha value is -1.16. The number of carbonyl (C=O) groups excluding carboxylic acids is 1. The van der Waals surface area contributed by atoms with E-state index < -0.39 is 0 Å². The summed E-state index contributed by atoms with van der Waals surface area (Å²) in [6, 6.07) is 6.25. The van der Waals surface area contributed by atoms with Crippen molar-refractivity contribution in [1.29, 1.82) is 0 Å². The number of benzene rings is 1. The van der Waals surface area contributed by atoms with Crippen LogP contribution in [-0.2, 0) is 0 Å². The Morgan fingerprint density at radius 1 is 1.22 bits per heavy atom. The van der Waals surface area contributed by atoms with Gasteiger partial charge in [-0.1, -0.05) is 34.8 Å². The third-order valence-corrected chi connectivity index (χ3v) is 3.31. The minimum absolute atomic E-state index is 0.230. The molecule has 18 heavy (non-hydrogen) atoms. The second kappa shape index (κ2) is 5.22. The van der Waals surface area contributed by atoms with E-state index in [1.54, 1.807) is 18.2 Å². The molecule has 0 fully saturated rings. The summed E-state index contributed by atoms with van der Waals surface area (Å²) in [4.78, 5) is 14.9. The summed E-state index contributed by atoms with van der Waals surface area (Å²) in [5.41, 5.74) is 0.683.